The number of benzene rings is 1. The van der Waals surface area contributed by atoms with Crippen molar-refractivity contribution in [2.75, 3.05) is 18.4 Å². The molecule has 20 heavy (non-hydrogen) atoms. The molecule has 2 rings (SSSR count). The highest BCUT2D eigenvalue weighted by atomic mass is 16.6. The number of rotatable bonds is 2. The number of ether oxygens (including phenoxy) is 1. The van der Waals surface area contributed by atoms with Gasteiger partial charge in [0.05, 0.1) is 0 Å². The first-order chi connectivity index (χ1) is 9.35. The van der Waals surface area contributed by atoms with Crippen molar-refractivity contribution in [3.63, 3.8) is 0 Å². The molecule has 0 radical (unpaired) electrons. The van der Waals surface area contributed by atoms with E-state index < -0.39 is 5.60 Å². The Bertz CT molecular complexity index is 480. The molecule has 110 valence electrons. The van der Waals surface area contributed by atoms with Crippen LogP contribution in [-0.4, -0.2) is 35.7 Å². The van der Waals surface area contributed by atoms with Crippen LogP contribution in [0.5, 0.6) is 0 Å². The minimum Gasteiger partial charge on any atom is -0.444 e. The maximum absolute atomic E-state index is 12.0. The van der Waals surface area contributed by atoms with Crippen LogP contribution in [0.15, 0.2) is 24.3 Å². The van der Waals surface area contributed by atoms with Crippen molar-refractivity contribution in [2.24, 2.45) is 0 Å². The van der Waals surface area contributed by atoms with Gasteiger partial charge in [-0.1, -0.05) is 18.2 Å². The Morgan fingerprint density at radius 1 is 1.35 bits per heavy atom. The van der Waals surface area contributed by atoms with Crippen molar-refractivity contribution in [3.05, 3.63) is 29.8 Å². The van der Waals surface area contributed by atoms with Gasteiger partial charge in [0.25, 0.3) is 0 Å². The van der Waals surface area contributed by atoms with E-state index in [0.717, 1.165) is 18.7 Å². The molecular formula is C16H24N2O2. The van der Waals surface area contributed by atoms with Crippen molar-refractivity contribution < 1.29 is 9.53 Å². The van der Waals surface area contributed by atoms with Gasteiger partial charge < -0.3 is 15.0 Å². The molecule has 1 aromatic rings. The molecule has 0 bridgehead atoms. The van der Waals surface area contributed by atoms with E-state index >= 15 is 0 Å². The number of hydrogen-bond donors (Lipinski definition) is 1. The summed E-state index contributed by atoms with van der Waals surface area (Å²) in [6.45, 7) is 9.21. The summed E-state index contributed by atoms with van der Waals surface area (Å²) in [6, 6.07) is 8.51. The average molecular weight is 276 g/mol. The van der Waals surface area contributed by atoms with Gasteiger partial charge in [-0.05, 0) is 45.7 Å². The molecule has 0 aromatic heterocycles. The third-order valence-electron chi connectivity index (χ3n) is 3.34. The van der Waals surface area contributed by atoms with Gasteiger partial charge in [-0.3, -0.25) is 0 Å². The lowest BCUT2D eigenvalue weighted by molar-refractivity contribution is 0.0293. The number of nitrogens with zero attached hydrogens (tertiary/aromatic N) is 1. The molecule has 1 atom stereocenters. The predicted octanol–water partition coefficient (Wildman–Crippen LogP) is 3.42. The summed E-state index contributed by atoms with van der Waals surface area (Å²) in [5.41, 5.74) is 1.94. The molecule has 1 aromatic carbocycles. The standard InChI is InChI=1S/C16H24N2O2/c1-12-7-5-6-8-14(12)17-13-9-10-18(11-13)15(19)20-16(2,3)4/h5-8,13,17H,9-11H2,1-4H3. The second-order valence-electron chi connectivity index (χ2n) is 6.37. The highest BCUT2D eigenvalue weighted by molar-refractivity contribution is 5.68. The lowest BCUT2D eigenvalue weighted by atomic mass is 10.1. The molecule has 1 aliphatic rings. The van der Waals surface area contributed by atoms with Gasteiger partial charge in [0, 0.05) is 24.8 Å². The first kappa shape index (κ1) is 14.7. The van der Waals surface area contributed by atoms with Crippen LogP contribution < -0.4 is 5.32 Å². The normalized spacial score (nSPS) is 19.0. The monoisotopic (exact) mass is 276 g/mol. The van der Waals surface area contributed by atoms with Gasteiger partial charge in [0.15, 0.2) is 0 Å². The Hall–Kier alpha value is -1.71. The van der Waals surface area contributed by atoms with Gasteiger partial charge in [-0.15, -0.1) is 0 Å². The minimum absolute atomic E-state index is 0.216. The van der Waals surface area contributed by atoms with E-state index in [1.165, 1.54) is 5.56 Å². The summed E-state index contributed by atoms with van der Waals surface area (Å²) < 4.78 is 5.40. The zero-order valence-corrected chi connectivity index (χ0v) is 12.8. The van der Waals surface area contributed by atoms with E-state index in [2.05, 4.69) is 24.4 Å². The van der Waals surface area contributed by atoms with Crippen LogP contribution in [0, 0.1) is 6.92 Å². The quantitative estimate of drug-likeness (QED) is 0.900. The molecule has 1 N–H and O–H groups in total. The molecule has 1 amide bonds. The number of likely N-dealkylation sites (tertiary alicyclic amines) is 1. The van der Waals surface area contributed by atoms with E-state index in [0.29, 0.717) is 12.6 Å². The Morgan fingerprint density at radius 2 is 2.05 bits per heavy atom. The summed E-state index contributed by atoms with van der Waals surface area (Å²) in [4.78, 5) is 13.8. The number of carbonyl (C=O) groups is 1. The fraction of sp³-hybridized carbons (Fsp3) is 0.562. The molecule has 0 aliphatic carbocycles. The van der Waals surface area contributed by atoms with Gasteiger partial charge in [0.1, 0.15) is 5.60 Å². The Balaban J connectivity index is 1.90. The highest BCUT2D eigenvalue weighted by Crippen LogP contribution is 2.20. The van der Waals surface area contributed by atoms with Gasteiger partial charge >= 0.3 is 6.09 Å². The molecule has 0 saturated carbocycles. The zero-order valence-electron chi connectivity index (χ0n) is 12.8. The van der Waals surface area contributed by atoms with Crippen LogP contribution in [0.1, 0.15) is 32.8 Å². The second-order valence-corrected chi connectivity index (χ2v) is 6.37. The Morgan fingerprint density at radius 3 is 2.70 bits per heavy atom. The molecule has 1 saturated heterocycles. The number of aryl methyl sites for hydroxylation is 1. The van der Waals surface area contributed by atoms with Crippen LogP contribution in [-0.2, 0) is 4.74 Å². The van der Waals surface area contributed by atoms with Crippen molar-refractivity contribution >= 4 is 11.8 Å². The molecule has 1 unspecified atom stereocenters. The lowest BCUT2D eigenvalue weighted by Crippen LogP contribution is -2.36. The molecule has 0 spiro atoms. The van der Waals surface area contributed by atoms with Crippen LogP contribution in [0.4, 0.5) is 10.5 Å². The van der Waals surface area contributed by atoms with E-state index in [1.54, 1.807) is 4.90 Å². The Labute approximate surface area is 121 Å². The number of para-hydroxylation sites is 1. The van der Waals surface area contributed by atoms with Gasteiger partial charge in [0.2, 0.25) is 0 Å². The SMILES string of the molecule is Cc1ccccc1NC1CCN(C(=O)OC(C)(C)C)C1. The minimum atomic E-state index is -0.432. The summed E-state index contributed by atoms with van der Waals surface area (Å²) in [7, 11) is 0. The summed E-state index contributed by atoms with van der Waals surface area (Å²) >= 11 is 0. The van der Waals surface area contributed by atoms with Crippen molar-refractivity contribution in [2.45, 2.75) is 45.8 Å². The summed E-state index contributed by atoms with van der Waals surface area (Å²) in [6.07, 6.45) is 0.736. The van der Waals surface area contributed by atoms with Crippen LogP contribution >= 0.6 is 0 Å². The number of hydrogen-bond acceptors (Lipinski definition) is 3. The smallest absolute Gasteiger partial charge is 0.410 e. The largest absolute Gasteiger partial charge is 0.444 e. The third-order valence-corrected chi connectivity index (χ3v) is 3.34. The maximum Gasteiger partial charge on any atom is 0.410 e. The second kappa shape index (κ2) is 5.73. The maximum atomic E-state index is 12.0. The highest BCUT2D eigenvalue weighted by Gasteiger charge is 2.29. The fourth-order valence-electron chi connectivity index (χ4n) is 2.33. The van der Waals surface area contributed by atoms with Crippen LogP contribution in [0.3, 0.4) is 0 Å². The molecular weight excluding hydrogens is 252 g/mol. The number of amides is 1. The number of nitrogens with one attached hydrogen (secondary N) is 1. The summed E-state index contributed by atoms with van der Waals surface area (Å²) in [5, 5.41) is 3.51. The van der Waals surface area contributed by atoms with Crippen molar-refractivity contribution in [1.29, 1.82) is 0 Å². The zero-order chi connectivity index (χ0) is 14.8. The molecule has 1 fully saturated rings. The first-order valence-corrected chi connectivity index (χ1v) is 7.15. The average Bonchev–Trinajstić information content (AvgIpc) is 2.79. The van der Waals surface area contributed by atoms with E-state index in [9.17, 15) is 4.79 Å². The molecule has 4 nitrogen and oxygen atoms in total. The van der Waals surface area contributed by atoms with E-state index in [1.807, 2.05) is 32.9 Å². The lowest BCUT2D eigenvalue weighted by Gasteiger charge is -2.24. The van der Waals surface area contributed by atoms with E-state index in [-0.39, 0.29) is 6.09 Å². The molecule has 4 heteroatoms. The van der Waals surface area contributed by atoms with E-state index in [4.69, 9.17) is 4.74 Å². The predicted molar refractivity (Wildman–Crippen MR) is 81.0 cm³/mol. The topological polar surface area (TPSA) is 41.6 Å². The van der Waals surface area contributed by atoms with Crippen molar-refractivity contribution in [3.8, 4) is 0 Å². The molecule has 1 heterocycles. The fourth-order valence-corrected chi connectivity index (χ4v) is 2.33. The Kier molecular flexibility index (Phi) is 4.21. The summed E-state index contributed by atoms with van der Waals surface area (Å²) in [5.74, 6) is 0. The van der Waals surface area contributed by atoms with Gasteiger partial charge in [-0.25, -0.2) is 4.79 Å². The van der Waals surface area contributed by atoms with Gasteiger partial charge in [-0.2, -0.15) is 0 Å². The molecule has 1 aliphatic heterocycles. The van der Waals surface area contributed by atoms with Crippen LogP contribution in [0.2, 0.25) is 0 Å². The number of carbonyl (C=O) groups excluding carboxylic acids is 1. The first-order valence-electron chi connectivity index (χ1n) is 7.15. The van der Waals surface area contributed by atoms with Crippen molar-refractivity contribution in [1.82, 2.24) is 4.90 Å². The van der Waals surface area contributed by atoms with Crippen LogP contribution in [0.25, 0.3) is 0 Å². The number of anilines is 1. The third kappa shape index (κ3) is 3.89.